The lowest BCUT2D eigenvalue weighted by Gasteiger charge is -2.34. The monoisotopic (exact) mass is 334 g/mol. The van der Waals surface area contributed by atoms with Gasteiger partial charge in [-0.25, -0.2) is 4.79 Å². The Morgan fingerprint density at radius 1 is 1.30 bits per heavy atom. The van der Waals surface area contributed by atoms with Crippen molar-refractivity contribution in [3.8, 4) is 0 Å². The molecule has 7 heteroatoms. The third-order valence-corrected chi connectivity index (χ3v) is 4.26. The first-order chi connectivity index (χ1) is 11.1. The number of aryl methyl sites for hydroxylation is 1. The van der Waals surface area contributed by atoms with Gasteiger partial charge in [-0.05, 0) is 18.6 Å². The van der Waals surface area contributed by atoms with E-state index in [2.05, 4.69) is 15.4 Å². The maximum Gasteiger partial charge on any atom is 0.317 e. The molecular weight excluding hydrogens is 316 g/mol. The van der Waals surface area contributed by atoms with Gasteiger partial charge in [0.05, 0.1) is 0 Å². The molecule has 0 atom stereocenters. The highest BCUT2D eigenvalue weighted by molar-refractivity contribution is 6.31. The molecule has 1 aliphatic rings. The number of aromatic nitrogens is 1. The first kappa shape index (κ1) is 15.7. The van der Waals surface area contributed by atoms with Gasteiger partial charge < -0.3 is 19.6 Å². The smallest absolute Gasteiger partial charge is 0.317 e. The number of hydrogen-bond acceptors (Lipinski definition) is 4. The zero-order valence-electron chi connectivity index (χ0n) is 13.0. The van der Waals surface area contributed by atoms with Crippen LogP contribution in [0.1, 0.15) is 11.3 Å². The minimum absolute atomic E-state index is 0.0686. The second kappa shape index (κ2) is 6.91. The van der Waals surface area contributed by atoms with E-state index in [4.69, 9.17) is 16.1 Å². The number of nitrogens with one attached hydrogen (secondary N) is 1. The first-order valence-electron chi connectivity index (χ1n) is 7.58. The molecule has 122 valence electrons. The molecule has 0 bridgehead atoms. The summed E-state index contributed by atoms with van der Waals surface area (Å²) in [5.41, 5.74) is 0.916. The molecule has 23 heavy (non-hydrogen) atoms. The third-order valence-electron chi connectivity index (χ3n) is 3.89. The van der Waals surface area contributed by atoms with Crippen LogP contribution in [0, 0.1) is 6.92 Å². The molecule has 2 aromatic rings. The van der Waals surface area contributed by atoms with Gasteiger partial charge in [-0.2, -0.15) is 0 Å². The van der Waals surface area contributed by atoms with Gasteiger partial charge >= 0.3 is 6.03 Å². The maximum absolute atomic E-state index is 12.2. The summed E-state index contributed by atoms with van der Waals surface area (Å²) in [5, 5.41) is 7.60. The highest BCUT2D eigenvalue weighted by atomic mass is 35.5. The van der Waals surface area contributed by atoms with Crippen LogP contribution in [0.25, 0.3) is 0 Å². The molecule has 6 nitrogen and oxygen atoms in total. The molecular formula is C16H19ClN4O2. The van der Waals surface area contributed by atoms with Crippen molar-refractivity contribution in [2.45, 2.75) is 13.5 Å². The number of urea groups is 1. The molecule has 0 saturated carbocycles. The summed E-state index contributed by atoms with van der Waals surface area (Å²) in [7, 11) is 0. The van der Waals surface area contributed by atoms with Gasteiger partial charge in [0.15, 0.2) is 5.82 Å². The molecule has 2 amide bonds. The topological polar surface area (TPSA) is 61.6 Å². The van der Waals surface area contributed by atoms with Crippen LogP contribution in [0.2, 0.25) is 5.02 Å². The van der Waals surface area contributed by atoms with Crippen LogP contribution in [-0.2, 0) is 6.54 Å². The Kier molecular flexibility index (Phi) is 4.71. The minimum atomic E-state index is -0.0686. The molecule has 1 N–H and O–H groups in total. The molecule has 0 spiro atoms. The quantitative estimate of drug-likeness (QED) is 0.937. The normalized spacial score (nSPS) is 14.9. The molecule has 1 aromatic heterocycles. The van der Waals surface area contributed by atoms with Crippen LogP contribution in [0.3, 0.4) is 0 Å². The Hall–Kier alpha value is -2.21. The van der Waals surface area contributed by atoms with Gasteiger partial charge in [0.1, 0.15) is 5.76 Å². The van der Waals surface area contributed by atoms with Gasteiger partial charge in [0, 0.05) is 43.8 Å². The van der Waals surface area contributed by atoms with Crippen molar-refractivity contribution >= 4 is 23.4 Å². The standard InChI is InChI=1S/C16H19ClN4O2/c1-12-10-15(19-23-12)20-6-8-21(9-7-20)16(22)18-11-13-4-2-3-5-14(13)17/h2-5,10H,6-9,11H2,1H3,(H,18,22). The summed E-state index contributed by atoms with van der Waals surface area (Å²) >= 11 is 6.10. The summed E-state index contributed by atoms with van der Waals surface area (Å²) < 4.78 is 5.09. The summed E-state index contributed by atoms with van der Waals surface area (Å²) in [4.78, 5) is 16.2. The molecule has 3 rings (SSSR count). The second-order valence-corrected chi connectivity index (χ2v) is 5.93. The van der Waals surface area contributed by atoms with Crippen LogP contribution in [0.15, 0.2) is 34.9 Å². The SMILES string of the molecule is Cc1cc(N2CCN(C(=O)NCc3ccccc3Cl)CC2)no1. The number of piperazine rings is 1. The Bertz CT molecular complexity index is 680. The number of hydrogen-bond donors (Lipinski definition) is 1. The molecule has 0 aliphatic carbocycles. The zero-order chi connectivity index (χ0) is 16.2. The Labute approximate surface area is 140 Å². The zero-order valence-corrected chi connectivity index (χ0v) is 13.7. The van der Waals surface area contributed by atoms with E-state index in [1.54, 1.807) is 4.90 Å². The average Bonchev–Trinajstić information content (AvgIpc) is 3.00. The fourth-order valence-corrected chi connectivity index (χ4v) is 2.77. The molecule has 0 radical (unpaired) electrons. The second-order valence-electron chi connectivity index (χ2n) is 5.52. The lowest BCUT2D eigenvalue weighted by atomic mass is 10.2. The van der Waals surface area contributed by atoms with Gasteiger partial charge in [-0.3, -0.25) is 0 Å². The van der Waals surface area contributed by atoms with Crippen molar-refractivity contribution in [3.05, 3.63) is 46.7 Å². The van der Waals surface area contributed by atoms with Gasteiger partial charge in [0.25, 0.3) is 0 Å². The lowest BCUT2D eigenvalue weighted by molar-refractivity contribution is 0.193. The van der Waals surface area contributed by atoms with E-state index in [0.29, 0.717) is 24.7 Å². The van der Waals surface area contributed by atoms with E-state index in [9.17, 15) is 4.79 Å². The fourth-order valence-electron chi connectivity index (χ4n) is 2.57. The number of amides is 2. The highest BCUT2D eigenvalue weighted by Gasteiger charge is 2.22. The largest absolute Gasteiger partial charge is 0.360 e. The van der Waals surface area contributed by atoms with E-state index in [0.717, 1.165) is 30.2 Å². The van der Waals surface area contributed by atoms with Crippen molar-refractivity contribution in [1.82, 2.24) is 15.4 Å². The molecule has 1 aliphatic heterocycles. The number of carbonyl (C=O) groups excluding carboxylic acids is 1. The van der Waals surface area contributed by atoms with Gasteiger partial charge in [0.2, 0.25) is 0 Å². The number of carbonyl (C=O) groups is 1. The van der Waals surface area contributed by atoms with Crippen LogP contribution < -0.4 is 10.2 Å². The van der Waals surface area contributed by atoms with Crippen molar-refractivity contribution in [2.24, 2.45) is 0 Å². The predicted molar refractivity (Wildman–Crippen MR) is 88.7 cm³/mol. The van der Waals surface area contributed by atoms with Crippen molar-refractivity contribution in [1.29, 1.82) is 0 Å². The summed E-state index contributed by atoms with van der Waals surface area (Å²) in [5.74, 6) is 1.62. The van der Waals surface area contributed by atoms with E-state index in [-0.39, 0.29) is 6.03 Å². The Morgan fingerprint density at radius 3 is 2.70 bits per heavy atom. The number of anilines is 1. The van der Waals surface area contributed by atoms with E-state index in [1.807, 2.05) is 37.3 Å². The first-order valence-corrected chi connectivity index (χ1v) is 7.96. The summed E-state index contributed by atoms with van der Waals surface area (Å²) in [6.07, 6.45) is 0. The van der Waals surface area contributed by atoms with Crippen LogP contribution in [0.5, 0.6) is 0 Å². The fraction of sp³-hybridized carbons (Fsp3) is 0.375. The van der Waals surface area contributed by atoms with Crippen molar-refractivity contribution < 1.29 is 9.32 Å². The van der Waals surface area contributed by atoms with Crippen LogP contribution in [0.4, 0.5) is 10.6 Å². The van der Waals surface area contributed by atoms with Crippen LogP contribution >= 0.6 is 11.6 Å². The van der Waals surface area contributed by atoms with Crippen LogP contribution in [-0.4, -0.2) is 42.3 Å². The lowest BCUT2D eigenvalue weighted by Crippen LogP contribution is -2.51. The molecule has 1 aromatic carbocycles. The number of rotatable bonds is 3. The van der Waals surface area contributed by atoms with E-state index >= 15 is 0 Å². The summed E-state index contributed by atoms with van der Waals surface area (Å²) in [6.45, 7) is 5.09. The average molecular weight is 335 g/mol. The Morgan fingerprint density at radius 2 is 2.04 bits per heavy atom. The minimum Gasteiger partial charge on any atom is -0.360 e. The molecule has 1 saturated heterocycles. The number of benzene rings is 1. The van der Waals surface area contributed by atoms with E-state index in [1.165, 1.54) is 0 Å². The number of halogens is 1. The molecule has 2 heterocycles. The highest BCUT2D eigenvalue weighted by Crippen LogP contribution is 2.17. The van der Waals surface area contributed by atoms with Crippen molar-refractivity contribution in [3.63, 3.8) is 0 Å². The predicted octanol–water partition coefficient (Wildman–Crippen LogP) is 2.67. The van der Waals surface area contributed by atoms with Gasteiger partial charge in [-0.1, -0.05) is 35.0 Å². The van der Waals surface area contributed by atoms with E-state index < -0.39 is 0 Å². The third kappa shape index (κ3) is 3.76. The summed E-state index contributed by atoms with van der Waals surface area (Å²) in [6, 6.07) is 9.35. The molecule has 0 unspecified atom stereocenters. The van der Waals surface area contributed by atoms with Crippen molar-refractivity contribution in [2.75, 3.05) is 31.1 Å². The number of nitrogens with zero attached hydrogens (tertiary/aromatic N) is 3. The molecule has 1 fully saturated rings. The van der Waals surface area contributed by atoms with Gasteiger partial charge in [-0.15, -0.1) is 0 Å². The Balaban J connectivity index is 1.49. The maximum atomic E-state index is 12.2.